The van der Waals surface area contributed by atoms with Gasteiger partial charge in [0.15, 0.2) is 0 Å². The minimum absolute atomic E-state index is 0.142. The lowest BCUT2D eigenvalue weighted by Crippen LogP contribution is -2.11. The summed E-state index contributed by atoms with van der Waals surface area (Å²) in [4.78, 5) is 11.8. The first-order chi connectivity index (χ1) is 7.93. The molecule has 0 bridgehead atoms. The van der Waals surface area contributed by atoms with Crippen LogP contribution in [0.2, 0.25) is 10.0 Å². The highest BCUT2D eigenvalue weighted by atomic mass is 35.5. The molecule has 0 aromatic heterocycles. The third-order valence-electron chi connectivity index (χ3n) is 2.27. The van der Waals surface area contributed by atoms with Crippen molar-refractivity contribution in [3.05, 3.63) is 27.7 Å². The maximum atomic E-state index is 11.8. The van der Waals surface area contributed by atoms with E-state index >= 15 is 0 Å². The molecule has 1 aromatic rings. The van der Waals surface area contributed by atoms with Gasteiger partial charge in [-0.2, -0.15) is 0 Å². The maximum Gasteiger partial charge on any atom is 0.341 e. The van der Waals surface area contributed by atoms with Crippen molar-refractivity contribution in [2.24, 2.45) is 5.92 Å². The van der Waals surface area contributed by atoms with Gasteiger partial charge in [-0.1, -0.05) is 37.0 Å². The summed E-state index contributed by atoms with van der Waals surface area (Å²) in [5, 5.41) is 0.548. The van der Waals surface area contributed by atoms with Crippen LogP contribution in [0.25, 0.3) is 0 Å². The fourth-order valence-electron chi connectivity index (χ4n) is 1.23. The highest BCUT2D eigenvalue weighted by Gasteiger charge is 2.17. The molecule has 0 fully saturated rings. The monoisotopic (exact) mass is 275 g/mol. The zero-order valence-corrected chi connectivity index (χ0v) is 11.3. The fraction of sp³-hybridized carbons (Fsp3) is 0.417. The van der Waals surface area contributed by atoms with Gasteiger partial charge in [-0.15, -0.1) is 0 Å². The van der Waals surface area contributed by atoms with Crippen molar-refractivity contribution in [1.29, 1.82) is 0 Å². The number of benzene rings is 1. The van der Waals surface area contributed by atoms with E-state index in [1.54, 1.807) is 6.07 Å². The molecule has 2 N–H and O–H groups in total. The second kappa shape index (κ2) is 6.12. The van der Waals surface area contributed by atoms with Gasteiger partial charge in [0, 0.05) is 0 Å². The van der Waals surface area contributed by atoms with Gasteiger partial charge in [0.05, 0.1) is 22.3 Å². The molecular formula is C12H15Cl2NO2. The summed E-state index contributed by atoms with van der Waals surface area (Å²) in [6.07, 6.45) is 0.795. The highest BCUT2D eigenvalue weighted by molar-refractivity contribution is 6.38. The number of nitrogens with two attached hydrogens (primary N) is 1. The molecule has 0 saturated heterocycles. The van der Waals surface area contributed by atoms with E-state index in [2.05, 4.69) is 13.8 Å². The van der Waals surface area contributed by atoms with E-state index in [0.29, 0.717) is 17.5 Å². The SMILES string of the molecule is CC(C)CCOC(=O)c1c(Cl)ccc(Cl)c1N. The molecule has 0 radical (unpaired) electrons. The average molecular weight is 276 g/mol. The van der Waals surface area contributed by atoms with Crippen LogP contribution in [0, 0.1) is 5.92 Å². The number of ether oxygens (including phenoxy) is 1. The van der Waals surface area contributed by atoms with Crippen molar-refractivity contribution in [3.8, 4) is 0 Å². The van der Waals surface area contributed by atoms with E-state index in [1.807, 2.05) is 0 Å². The second-order valence-corrected chi connectivity index (χ2v) is 4.95. The van der Waals surface area contributed by atoms with Gasteiger partial charge >= 0.3 is 5.97 Å². The minimum Gasteiger partial charge on any atom is -0.462 e. The largest absolute Gasteiger partial charge is 0.462 e. The van der Waals surface area contributed by atoms with E-state index in [0.717, 1.165) is 6.42 Å². The van der Waals surface area contributed by atoms with Crippen LogP contribution in [0.4, 0.5) is 5.69 Å². The number of nitrogen functional groups attached to an aromatic ring is 1. The molecular weight excluding hydrogens is 261 g/mol. The number of halogens is 2. The molecule has 0 amide bonds. The summed E-state index contributed by atoms with van der Waals surface area (Å²) in [6.45, 7) is 4.45. The van der Waals surface area contributed by atoms with Gasteiger partial charge in [0.25, 0.3) is 0 Å². The topological polar surface area (TPSA) is 52.3 Å². The molecule has 0 aliphatic heterocycles. The first kappa shape index (κ1) is 14.1. The lowest BCUT2D eigenvalue weighted by molar-refractivity contribution is 0.0489. The Kier molecular flexibility index (Phi) is 5.09. The summed E-state index contributed by atoms with van der Waals surface area (Å²) in [7, 11) is 0. The smallest absolute Gasteiger partial charge is 0.341 e. The van der Waals surface area contributed by atoms with Crippen molar-refractivity contribution < 1.29 is 9.53 Å². The normalized spacial score (nSPS) is 10.6. The number of rotatable bonds is 4. The predicted molar refractivity (Wildman–Crippen MR) is 70.6 cm³/mol. The Bertz CT molecular complexity index is 419. The van der Waals surface area contributed by atoms with Crippen LogP contribution in [-0.2, 0) is 4.74 Å². The fourth-order valence-corrected chi connectivity index (χ4v) is 1.63. The van der Waals surface area contributed by atoms with Crippen LogP contribution in [-0.4, -0.2) is 12.6 Å². The Labute approximate surface area is 111 Å². The van der Waals surface area contributed by atoms with Gasteiger partial charge in [-0.05, 0) is 24.5 Å². The Hall–Kier alpha value is -0.930. The molecule has 1 rings (SSSR count). The molecule has 0 aliphatic carbocycles. The van der Waals surface area contributed by atoms with Crippen molar-refractivity contribution in [1.82, 2.24) is 0 Å². The highest BCUT2D eigenvalue weighted by Crippen LogP contribution is 2.29. The van der Waals surface area contributed by atoms with Gasteiger partial charge in [0.1, 0.15) is 5.56 Å². The third kappa shape index (κ3) is 3.79. The summed E-state index contributed by atoms with van der Waals surface area (Å²) in [6, 6.07) is 3.07. The average Bonchev–Trinajstić information content (AvgIpc) is 2.23. The van der Waals surface area contributed by atoms with Crippen molar-refractivity contribution >= 4 is 34.9 Å². The molecule has 17 heavy (non-hydrogen) atoms. The third-order valence-corrected chi connectivity index (χ3v) is 2.92. The van der Waals surface area contributed by atoms with Crippen molar-refractivity contribution in [2.45, 2.75) is 20.3 Å². The predicted octanol–water partition coefficient (Wildman–Crippen LogP) is 3.78. The molecule has 94 valence electrons. The molecule has 0 atom stereocenters. The number of carbonyl (C=O) groups excluding carboxylic acids is 1. The summed E-state index contributed by atoms with van der Waals surface area (Å²) < 4.78 is 5.09. The van der Waals surface area contributed by atoms with Crippen LogP contribution in [0.1, 0.15) is 30.6 Å². The van der Waals surface area contributed by atoms with Crippen LogP contribution < -0.4 is 5.73 Å². The summed E-state index contributed by atoms with van der Waals surface area (Å²) >= 11 is 11.7. The first-order valence-electron chi connectivity index (χ1n) is 5.34. The van der Waals surface area contributed by atoms with E-state index < -0.39 is 5.97 Å². The lowest BCUT2D eigenvalue weighted by Gasteiger charge is -2.10. The Morgan fingerprint density at radius 1 is 1.35 bits per heavy atom. The molecule has 0 spiro atoms. The standard InChI is InChI=1S/C12H15Cl2NO2/c1-7(2)5-6-17-12(16)10-8(13)3-4-9(14)11(10)15/h3-4,7H,5-6,15H2,1-2H3. The Morgan fingerprint density at radius 2 is 1.94 bits per heavy atom. The van der Waals surface area contributed by atoms with E-state index in [4.69, 9.17) is 33.7 Å². The molecule has 3 nitrogen and oxygen atoms in total. The number of anilines is 1. The van der Waals surface area contributed by atoms with Crippen molar-refractivity contribution in [2.75, 3.05) is 12.3 Å². The number of carbonyl (C=O) groups is 1. The first-order valence-corrected chi connectivity index (χ1v) is 6.09. The van der Waals surface area contributed by atoms with Gasteiger partial charge in [-0.3, -0.25) is 0 Å². The van der Waals surface area contributed by atoms with E-state index in [9.17, 15) is 4.79 Å². The lowest BCUT2D eigenvalue weighted by atomic mass is 10.1. The number of esters is 1. The van der Waals surface area contributed by atoms with Crippen LogP contribution in [0.5, 0.6) is 0 Å². The molecule has 0 aliphatic rings. The molecule has 0 unspecified atom stereocenters. The molecule has 0 saturated carbocycles. The molecule has 1 aromatic carbocycles. The van der Waals surface area contributed by atoms with Crippen molar-refractivity contribution in [3.63, 3.8) is 0 Å². The molecule has 0 heterocycles. The molecule has 5 heteroatoms. The number of hydrogen-bond acceptors (Lipinski definition) is 3. The zero-order valence-electron chi connectivity index (χ0n) is 9.80. The maximum absolute atomic E-state index is 11.8. The van der Waals surface area contributed by atoms with E-state index in [-0.39, 0.29) is 16.3 Å². The summed E-state index contributed by atoms with van der Waals surface area (Å²) in [5.74, 6) is -0.0642. The van der Waals surface area contributed by atoms with Crippen LogP contribution >= 0.6 is 23.2 Å². The van der Waals surface area contributed by atoms with Gasteiger partial charge in [0.2, 0.25) is 0 Å². The number of hydrogen-bond donors (Lipinski definition) is 1. The zero-order chi connectivity index (χ0) is 13.0. The summed E-state index contributed by atoms with van der Waals surface area (Å²) in [5.41, 5.74) is 6.00. The Morgan fingerprint density at radius 3 is 2.53 bits per heavy atom. The van der Waals surface area contributed by atoms with Gasteiger partial charge < -0.3 is 10.5 Å². The second-order valence-electron chi connectivity index (χ2n) is 4.14. The van der Waals surface area contributed by atoms with Crippen LogP contribution in [0.15, 0.2) is 12.1 Å². The minimum atomic E-state index is -0.532. The Balaban J connectivity index is 2.79. The van der Waals surface area contributed by atoms with Gasteiger partial charge in [-0.25, -0.2) is 4.79 Å². The van der Waals surface area contributed by atoms with E-state index in [1.165, 1.54) is 6.07 Å². The van der Waals surface area contributed by atoms with Crippen LogP contribution in [0.3, 0.4) is 0 Å². The quantitative estimate of drug-likeness (QED) is 0.672.